The van der Waals surface area contributed by atoms with Crippen LogP contribution in [0.1, 0.15) is 57.9 Å². The topological polar surface area (TPSA) is 82.2 Å². The number of nitrogens with zero attached hydrogens (tertiary/aromatic N) is 4. The Balaban J connectivity index is 1.29. The molecule has 1 N–H and O–H groups in total. The lowest BCUT2D eigenvalue weighted by Crippen LogP contribution is -2.41. The molecule has 40 heavy (non-hydrogen) atoms. The van der Waals surface area contributed by atoms with Crippen LogP contribution in [0.15, 0.2) is 54.9 Å². The summed E-state index contributed by atoms with van der Waals surface area (Å²) < 4.78 is 14.9. The fourth-order valence-electron chi connectivity index (χ4n) is 5.50. The average Bonchev–Trinajstić information content (AvgIpc) is 3.72. The Morgan fingerprint density at radius 1 is 1.10 bits per heavy atom. The molecule has 204 valence electrons. The second-order valence-electron chi connectivity index (χ2n) is 11.0. The van der Waals surface area contributed by atoms with Gasteiger partial charge in [0.05, 0.1) is 5.69 Å². The first-order valence-electron chi connectivity index (χ1n) is 13.7. The first-order chi connectivity index (χ1) is 19.3. The number of carbonyl (C=O) groups excluding carboxylic acids is 2. The minimum Gasteiger partial charge on any atom is -0.339 e. The number of fused-ring (bicyclic) bond motifs is 1. The van der Waals surface area contributed by atoms with E-state index in [0.29, 0.717) is 53.5 Å². The second-order valence-corrected chi connectivity index (χ2v) is 11.0. The normalized spacial score (nSPS) is 15.3. The van der Waals surface area contributed by atoms with Crippen LogP contribution in [0.5, 0.6) is 0 Å². The maximum atomic E-state index is 14.9. The van der Waals surface area contributed by atoms with Gasteiger partial charge < -0.3 is 14.8 Å². The molecule has 0 unspecified atom stereocenters. The first kappa shape index (κ1) is 25.9. The largest absolute Gasteiger partial charge is 0.339 e. The third-order valence-electron chi connectivity index (χ3n) is 8.00. The van der Waals surface area contributed by atoms with Gasteiger partial charge in [-0.3, -0.25) is 4.79 Å². The van der Waals surface area contributed by atoms with Crippen LogP contribution in [0.3, 0.4) is 0 Å². The molecule has 8 heteroatoms. The number of carbonyl (C=O) groups is 2. The summed E-state index contributed by atoms with van der Waals surface area (Å²) >= 11 is 0. The molecule has 1 aliphatic heterocycles. The Morgan fingerprint density at radius 2 is 1.88 bits per heavy atom. The van der Waals surface area contributed by atoms with E-state index >= 15 is 0 Å². The summed E-state index contributed by atoms with van der Waals surface area (Å²) in [6.45, 7) is 3.07. The van der Waals surface area contributed by atoms with Crippen LogP contribution in [0.2, 0.25) is 0 Å². The fourth-order valence-corrected chi connectivity index (χ4v) is 5.50. The summed E-state index contributed by atoms with van der Waals surface area (Å²) in [6, 6.07) is 12.8. The lowest BCUT2D eigenvalue weighted by atomic mass is 9.93. The van der Waals surface area contributed by atoms with Crippen molar-refractivity contribution in [3.63, 3.8) is 0 Å². The fraction of sp³-hybridized carbons (Fsp3) is 0.312. The highest BCUT2D eigenvalue weighted by atomic mass is 19.1. The number of urea groups is 1. The number of ketones is 1. The molecule has 2 aliphatic rings. The molecule has 7 nitrogen and oxygen atoms in total. The van der Waals surface area contributed by atoms with Gasteiger partial charge >= 0.3 is 6.03 Å². The van der Waals surface area contributed by atoms with Crippen molar-refractivity contribution in [1.82, 2.24) is 24.8 Å². The first-order valence-corrected chi connectivity index (χ1v) is 13.7. The summed E-state index contributed by atoms with van der Waals surface area (Å²) in [5.74, 6) is 0.188. The molecule has 0 atom stereocenters. The highest BCUT2D eigenvalue weighted by Gasteiger charge is 2.24. The lowest BCUT2D eigenvalue weighted by molar-refractivity contribution is 0.0992. The molecule has 0 spiro atoms. The zero-order valence-corrected chi connectivity index (χ0v) is 23.0. The number of aromatic amines is 1. The number of benzene rings is 2. The van der Waals surface area contributed by atoms with Crippen molar-refractivity contribution in [2.75, 3.05) is 27.2 Å². The summed E-state index contributed by atoms with van der Waals surface area (Å²) in [5.41, 5.74) is 7.32. The molecule has 4 aromatic rings. The third kappa shape index (κ3) is 5.01. The van der Waals surface area contributed by atoms with Crippen molar-refractivity contribution in [3.05, 3.63) is 88.6 Å². The zero-order valence-electron chi connectivity index (χ0n) is 23.0. The van der Waals surface area contributed by atoms with Gasteiger partial charge in [-0.15, -0.1) is 0 Å². The van der Waals surface area contributed by atoms with Gasteiger partial charge in [0.15, 0.2) is 5.78 Å². The number of amides is 2. The van der Waals surface area contributed by atoms with Gasteiger partial charge in [-0.2, -0.15) is 0 Å². The zero-order chi connectivity index (χ0) is 28.0. The molecular formula is C32H32FN5O2. The highest BCUT2D eigenvalue weighted by Crippen LogP contribution is 2.40. The molecule has 0 bridgehead atoms. The summed E-state index contributed by atoms with van der Waals surface area (Å²) in [4.78, 5) is 41.2. The predicted octanol–water partition coefficient (Wildman–Crippen LogP) is 6.15. The standard InChI is InChI=1S/C32H32FN5O2/c1-19-24(15-29(39)23-8-6-21(7-9-23)20-4-5-20)14-25(33)16-26(19)30-27-17-28(36-31(27)35-18-34-30)22-10-12-38(13-11-22)32(40)37(2)3/h6-10,14,16-18,20H,4-5,11-13,15H2,1-3H3,(H,34,35,36). The van der Waals surface area contributed by atoms with Gasteiger partial charge in [-0.05, 0) is 72.6 Å². The van der Waals surface area contributed by atoms with E-state index in [1.165, 1.54) is 36.9 Å². The Labute approximate surface area is 232 Å². The van der Waals surface area contributed by atoms with Gasteiger partial charge in [0.25, 0.3) is 0 Å². The monoisotopic (exact) mass is 537 g/mol. The van der Waals surface area contributed by atoms with Crippen molar-refractivity contribution >= 4 is 28.4 Å². The Kier molecular flexibility index (Phi) is 6.70. The van der Waals surface area contributed by atoms with Gasteiger partial charge in [-0.1, -0.05) is 30.3 Å². The van der Waals surface area contributed by atoms with E-state index in [2.05, 4.69) is 21.0 Å². The van der Waals surface area contributed by atoms with E-state index in [4.69, 9.17) is 0 Å². The number of rotatable bonds is 6. The number of Topliss-reactive ketones (excluding diaryl/α,β-unsaturated/α-hetero) is 1. The number of H-pyrrole nitrogens is 1. The van der Waals surface area contributed by atoms with E-state index in [-0.39, 0.29) is 18.2 Å². The molecule has 0 radical (unpaired) electrons. The van der Waals surface area contributed by atoms with Crippen molar-refractivity contribution in [3.8, 4) is 11.3 Å². The lowest BCUT2D eigenvalue weighted by Gasteiger charge is -2.28. The quantitative estimate of drug-likeness (QED) is 0.299. The SMILES string of the molecule is Cc1c(CC(=O)c2ccc(C3CC3)cc2)cc(F)cc1-c1ncnc2[nH]c(C3=CCN(C(=O)N(C)C)CC3)cc12. The van der Waals surface area contributed by atoms with Crippen LogP contribution in [0.4, 0.5) is 9.18 Å². The number of halogens is 1. The van der Waals surface area contributed by atoms with Crippen LogP contribution in [0, 0.1) is 12.7 Å². The molecule has 1 saturated carbocycles. The van der Waals surface area contributed by atoms with Gasteiger partial charge in [0.2, 0.25) is 0 Å². The number of aromatic nitrogens is 3. The smallest absolute Gasteiger partial charge is 0.319 e. The molecule has 0 saturated heterocycles. The molecular weight excluding hydrogens is 505 g/mol. The third-order valence-corrected chi connectivity index (χ3v) is 8.00. The summed E-state index contributed by atoms with van der Waals surface area (Å²) in [5, 5.41) is 0.784. The predicted molar refractivity (Wildman–Crippen MR) is 154 cm³/mol. The van der Waals surface area contributed by atoms with Gasteiger partial charge in [0.1, 0.15) is 17.8 Å². The number of nitrogens with one attached hydrogen (secondary N) is 1. The Hall–Kier alpha value is -4.33. The van der Waals surface area contributed by atoms with E-state index < -0.39 is 5.82 Å². The maximum absolute atomic E-state index is 14.9. The summed E-state index contributed by atoms with van der Waals surface area (Å²) in [6.07, 6.45) is 6.78. The highest BCUT2D eigenvalue weighted by molar-refractivity contribution is 5.99. The van der Waals surface area contributed by atoms with Crippen LogP contribution in [0.25, 0.3) is 27.9 Å². The van der Waals surface area contributed by atoms with Crippen molar-refractivity contribution in [1.29, 1.82) is 0 Å². The van der Waals surface area contributed by atoms with Crippen LogP contribution < -0.4 is 0 Å². The average molecular weight is 538 g/mol. The van der Waals surface area contributed by atoms with Crippen molar-refractivity contribution in [2.45, 2.75) is 38.5 Å². The Morgan fingerprint density at radius 3 is 2.55 bits per heavy atom. The molecule has 2 aromatic heterocycles. The molecule has 1 fully saturated rings. The van der Waals surface area contributed by atoms with Gasteiger partial charge in [-0.25, -0.2) is 19.2 Å². The second kappa shape index (κ2) is 10.3. The van der Waals surface area contributed by atoms with Crippen LogP contribution in [-0.2, 0) is 6.42 Å². The van der Waals surface area contributed by atoms with Crippen molar-refractivity contribution in [2.24, 2.45) is 0 Å². The number of hydrogen-bond acceptors (Lipinski definition) is 4. The van der Waals surface area contributed by atoms with E-state index in [1.807, 2.05) is 37.3 Å². The molecule has 2 amide bonds. The number of hydrogen-bond donors (Lipinski definition) is 1. The molecule has 2 aromatic carbocycles. The van der Waals surface area contributed by atoms with Gasteiger partial charge in [0, 0.05) is 55.8 Å². The summed E-state index contributed by atoms with van der Waals surface area (Å²) in [7, 11) is 3.50. The van der Waals surface area contributed by atoms with Crippen LogP contribution >= 0.6 is 0 Å². The molecule has 1 aliphatic carbocycles. The minimum absolute atomic E-state index is 0.00811. The maximum Gasteiger partial charge on any atom is 0.319 e. The Bertz CT molecular complexity index is 1650. The molecule has 3 heterocycles. The van der Waals surface area contributed by atoms with E-state index in [0.717, 1.165) is 22.2 Å². The van der Waals surface area contributed by atoms with E-state index in [9.17, 15) is 14.0 Å². The van der Waals surface area contributed by atoms with Crippen molar-refractivity contribution < 1.29 is 14.0 Å². The van der Waals surface area contributed by atoms with E-state index in [1.54, 1.807) is 23.9 Å². The molecule has 6 rings (SSSR count). The minimum atomic E-state index is -0.407. The van der Waals surface area contributed by atoms with Crippen LogP contribution in [-0.4, -0.2) is 63.8 Å².